The fraction of sp³-hybridized carbons (Fsp3) is 0.100. The van der Waals surface area contributed by atoms with Gasteiger partial charge >= 0.3 is 0 Å². The second-order valence-electron chi connectivity index (χ2n) is 3.25. The average Bonchev–Trinajstić information content (AvgIpc) is 2.59. The van der Waals surface area contributed by atoms with Crippen LogP contribution in [0.5, 0.6) is 0 Å². The van der Waals surface area contributed by atoms with Gasteiger partial charge in [-0.1, -0.05) is 11.6 Å². The number of pyridine rings is 1. The number of halogens is 1. The Kier molecular flexibility index (Phi) is 2.50. The molecule has 0 saturated carbocycles. The lowest BCUT2D eigenvalue weighted by atomic mass is 10.3. The van der Waals surface area contributed by atoms with Crippen LogP contribution >= 0.6 is 11.6 Å². The number of aromatic nitrogens is 3. The molecule has 0 amide bonds. The number of nitrogen functional groups attached to an aromatic ring is 1. The van der Waals surface area contributed by atoms with Gasteiger partial charge in [-0.3, -0.25) is 0 Å². The molecule has 0 aliphatic carbocycles. The van der Waals surface area contributed by atoms with Crippen molar-refractivity contribution in [1.29, 1.82) is 5.26 Å². The highest BCUT2D eigenvalue weighted by Gasteiger charge is 2.11. The van der Waals surface area contributed by atoms with Gasteiger partial charge in [0.2, 0.25) is 0 Å². The Hall–Kier alpha value is -2.06. The molecule has 2 aromatic heterocycles. The van der Waals surface area contributed by atoms with E-state index in [0.717, 1.165) is 5.56 Å². The van der Waals surface area contributed by atoms with E-state index in [1.807, 2.05) is 13.0 Å². The van der Waals surface area contributed by atoms with Crippen molar-refractivity contribution in [3.05, 3.63) is 34.6 Å². The first-order valence-electron chi connectivity index (χ1n) is 4.50. The van der Waals surface area contributed by atoms with Gasteiger partial charge in [0.25, 0.3) is 0 Å². The molecule has 0 spiro atoms. The minimum Gasteiger partial charge on any atom is -0.382 e. The number of hydrogen-bond acceptors (Lipinski definition) is 4. The summed E-state index contributed by atoms with van der Waals surface area (Å²) in [7, 11) is 0. The van der Waals surface area contributed by atoms with E-state index in [-0.39, 0.29) is 5.02 Å². The smallest absolute Gasteiger partial charge is 0.173 e. The van der Waals surface area contributed by atoms with Crippen molar-refractivity contribution in [3.8, 4) is 11.9 Å². The first kappa shape index (κ1) is 10.5. The summed E-state index contributed by atoms with van der Waals surface area (Å²) >= 11 is 6.02. The Balaban J connectivity index is 2.61. The highest BCUT2D eigenvalue weighted by molar-refractivity contribution is 6.33. The van der Waals surface area contributed by atoms with Crippen LogP contribution in [0.25, 0.3) is 5.82 Å². The third kappa shape index (κ3) is 1.59. The summed E-state index contributed by atoms with van der Waals surface area (Å²) in [5, 5.41) is 13.2. The van der Waals surface area contributed by atoms with Crippen LogP contribution < -0.4 is 5.73 Å². The fourth-order valence-corrected chi connectivity index (χ4v) is 1.50. The molecule has 6 heteroatoms. The van der Waals surface area contributed by atoms with Crippen molar-refractivity contribution < 1.29 is 0 Å². The van der Waals surface area contributed by atoms with E-state index in [2.05, 4.69) is 10.1 Å². The first-order valence-corrected chi connectivity index (χ1v) is 4.88. The van der Waals surface area contributed by atoms with Crippen LogP contribution in [0.2, 0.25) is 5.02 Å². The van der Waals surface area contributed by atoms with Gasteiger partial charge in [-0.2, -0.15) is 5.26 Å². The van der Waals surface area contributed by atoms with E-state index in [0.29, 0.717) is 17.2 Å². The average molecular weight is 234 g/mol. The Labute approximate surface area is 97.1 Å². The van der Waals surface area contributed by atoms with E-state index >= 15 is 0 Å². The second kappa shape index (κ2) is 3.83. The molecule has 0 atom stereocenters. The topological polar surface area (TPSA) is 80.5 Å². The lowest BCUT2D eigenvalue weighted by Gasteiger charge is -2.03. The third-order valence-electron chi connectivity index (χ3n) is 2.14. The monoisotopic (exact) mass is 233 g/mol. The van der Waals surface area contributed by atoms with Gasteiger partial charge < -0.3 is 5.73 Å². The van der Waals surface area contributed by atoms with Crippen LogP contribution in [-0.2, 0) is 0 Å². The highest BCUT2D eigenvalue weighted by Crippen LogP contribution is 2.22. The van der Waals surface area contributed by atoms with Crippen molar-refractivity contribution >= 4 is 17.4 Å². The molecule has 80 valence electrons. The van der Waals surface area contributed by atoms with Crippen LogP contribution in [0, 0.1) is 18.3 Å². The van der Waals surface area contributed by atoms with E-state index in [9.17, 15) is 0 Å². The number of hydrogen-bond donors (Lipinski definition) is 1. The van der Waals surface area contributed by atoms with E-state index in [1.165, 1.54) is 10.9 Å². The Morgan fingerprint density at radius 1 is 1.56 bits per heavy atom. The number of nitriles is 1. The maximum Gasteiger partial charge on any atom is 0.173 e. The lowest BCUT2D eigenvalue weighted by molar-refractivity contribution is 0.850. The van der Waals surface area contributed by atoms with Crippen LogP contribution in [0.15, 0.2) is 18.5 Å². The van der Waals surface area contributed by atoms with Crippen LogP contribution in [0.1, 0.15) is 11.1 Å². The van der Waals surface area contributed by atoms with E-state index in [1.54, 1.807) is 12.3 Å². The SMILES string of the molecule is Cc1cn(-c2nccc(C#N)c2Cl)nc1N. The van der Waals surface area contributed by atoms with Crippen molar-refractivity contribution in [3.63, 3.8) is 0 Å². The quantitative estimate of drug-likeness (QED) is 0.813. The minimum atomic E-state index is 0.271. The molecular formula is C10H8ClN5. The van der Waals surface area contributed by atoms with Crippen molar-refractivity contribution in [2.45, 2.75) is 6.92 Å². The zero-order valence-corrected chi connectivity index (χ0v) is 9.23. The summed E-state index contributed by atoms with van der Waals surface area (Å²) in [5.74, 6) is 0.820. The molecule has 0 unspecified atom stereocenters. The summed E-state index contributed by atoms with van der Waals surface area (Å²) in [6.45, 7) is 1.83. The van der Waals surface area contributed by atoms with Gasteiger partial charge in [-0.05, 0) is 13.0 Å². The van der Waals surface area contributed by atoms with Crippen LogP contribution in [0.4, 0.5) is 5.82 Å². The van der Waals surface area contributed by atoms with Crippen molar-refractivity contribution in [1.82, 2.24) is 14.8 Å². The predicted octanol–water partition coefficient (Wildman–Crippen LogP) is 1.68. The zero-order chi connectivity index (χ0) is 11.7. The molecule has 2 rings (SSSR count). The number of nitrogens with two attached hydrogens (primary N) is 1. The third-order valence-corrected chi connectivity index (χ3v) is 2.52. The summed E-state index contributed by atoms with van der Waals surface area (Å²) in [6, 6.07) is 3.53. The summed E-state index contributed by atoms with van der Waals surface area (Å²) < 4.78 is 1.47. The number of aryl methyl sites for hydroxylation is 1. The minimum absolute atomic E-state index is 0.271. The molecule has 2 aromatic rings. The lowest BCUT2D eigenvalue weighted by Crippen LogP contribution is -2.01. The van der Waals surface area contributed by atoms with Gasteiger partial charge in [-0.15, -0.1) is 5.10 Å². The predicted molar refractivity (Wildman–Crippen MR) is 60.2 cm³/mol. The number of nitrogens with zero attached hydrogens (tertiary/aromatic N) is 4. The van der Waals surface area contributed by atoms with Gasteiger partial charge in [-0.25, -0.2) is 9.67 Å². The Morgan fingerprint density at radius 3 is 2.88 bits per heavy atom. The standard InChI is InChI=1S/C10H8ClN5/c1-6-5-16(15-9(6)13)10-8(11)7(4-12)2-3-14-10/h2-3,5H,1H3,(H2,13,15). The molecule has 16 heavy (non-hydrogen) atoms. The van der Waals surface area contributed by atoms with Gasteiger partial charge in [0.05, 0.1) is 5.56 Å². The normalized spacial score (nSPS) is 10.1. The molecule has 0 fully saturated rings. The number of anilines is 1. The summed E-state index contributed by atoms with van der Waals surface area (Å²) in [6.07, 6.45) is 3.22. The Bertz CT molecular complexity index is 562. The molecule has 2 N–H and O–H groups in total. The number of rotatable bonds is 1. The summed E-state index contributed by atoms with van der Waals surface area (Å²) in [5.41, 5.74) is 6.82. The molecule has 0 radical (unpaired) electrons. The molecule has 2 heterocycles. The molecule has 0 aliphatic heterocycles. The fourth-order valence-electron chi connectivity index (χ4n) is 1.26. The molecule has 0 bridgehead atoms. The van der Waals surface area contributed by atoms with E-state index < -0.39 is 0 Å². The first-order chi connectivity index (χ1) is 7.63. The maximum atomic E-state index is 8.83. The van der Waals surface area contributed by atoms with Gasteiger partial charge in [0.15, 0.2) is 5.82 Å². The largest absolute Gasteiger partial charge is 0.382 e. The van der Waals surface area contributed by atoms with Crippen LogP contribution in [-0.4, -0.2) is 14.8 Å². The van der Waals surface area contributed by atoms with E-state index in [4.69, 9.17) is 22.6 Å². The molecule has 0 aliphatic rings. The molecule has 0 saturated heterocycles. The van der Waals surface area contributed by atoms with Crippen molar-refractivity contribution in [2.24, 2.45) is 0 Å². The van der Waals surface area contributed by atoms with Crippen LogP contribution in [0.3, 0.4) is 0 Å². The maximum absolute atomic E-state index is 8.83. The molecule has 0 aromatic carbocycles. The summed E-state index contributed by atoms with van der Waals surface area (Å²) in [4.78, 5) is 4.07. The Morgan fingerprint density at radius 2 is 2.31 bits per heavy atom. The molecule has 5 nitrogen and oxygen atoms in total. The van der Waals surface area contributed by atoms with Gasteiger partial charge in [0, 0.05) is 18.0 Å². The molecular weight excluding hydrogens is 226 g/mol. The highest BCUT2D eigenvalue weighted by atomic mass is 35.5. The zero-order valence-electron chi connectivity index (χ0n) is 8.48. The van der Waals surface area contributed by atoms with Crippen molar-refractivity contribution in [2.75, 3.05) is 5.73 Å². The van der Waals surface area contributed by atoms with Gasteiger partial charge in [0.1, 0.15) is 16.9 Å². The second-order valence-corrected chi connectivity index (χ2v) is 3.63.